The number of hydrogen-bond acceptors (Lipinski definition) is 7. The number of methoxy groups -OCH3 is 1. The zero-order valence-electron chi connectivity index (χ0n) is 10.9. The molecule has 2 rings (SSSR count). The van der Waals surface area contributed by atoms with Gasteiger partial charge in [0, 0.05) is 0 Å². The molecule has 7 nitrogen and oxygen atoms in total. The Bertz CT molecular complexity index is 564. The third-order valence-electron chi connectivity index (χ3n) is 2.43. The Morgan fingerprint density at radius 3 is 3.05 bits per heavy atom. The lowest BCUT2D eigenvalue weighted by molar-refractivity contribution is 0.0598. The van der Waals surface area contributed by atoms with Gasteiger partial charge in [0.2, 0.25) is 5.16 Å². The lowest BCUT2D eigenvalue weighted by Crippen LogP contribution is -2.05. The van der Waals surface area contributed by atoms with Crippen LogP contribution >= 0.6 is 11.8 Å². The number of hydrogen-bond donors (Lipinski definition) is 0. The summed E-state index contributed by atoms with van der Waals surface area (Å²) in [7, 11) is 1.34. The van der Waals surface area contributed by atoms with Crippen LogP contribution in [0.1, 0.15) is 36.0 Å². The first kappa shape index (κ1) is 13.6. The molecule has 0 aliphatic rings. The van der Waals surface area contributed by atoms with E-state index >= 15 is 0 Å². The van der Waals surface area contributed by atoms with Crippen molar-refractivity contribution >= 4 is 17.7 Å². The minimum absolute atomic E-state index is 0.175. The van der Waals surface area contributed by atoms with Crippen molar-refractivity contribution in [2.45, 2.75) is 30.8 Å². The van der Waals surface area contributed by atoms with E-state index in [0.29, 0.717) is 22.2 Å². The third kappa shape index (κ3) is 2.95. The molecule has 0 aliphatic carbocycles. The Morgan fingerprint density at radius 2 is 2.37 bits per heavy atom. The largest absolute Gasteiger partial charge is 0.468 e. The van der Waals surface area contributed by atoms with Gasteiger partial charge in [-0.3, -0.25) is 0 Å². The lowest BCUT2D eigenvalue weighted by atomic mass is 10.3. The second-order valence-corrected chi connectivity index (χ2v) is 4.98. The fourth-order valence-electron chi connectivity index (χ4n) is 1.48. The van der Waals surface area contributed by atoms with Gasteiger partial charge in [-0.2, -0.15) is 0 Å². The Kier molecular flexibility index (Phi) is 4.20. The van der Waals surface area contributed by atoms with Crippen LogP contribution in [0.2, 0.25) is 0 Å². The normalized spacial score (nSPS) is 10.9. The highest BCUT2D eigenvalue weighted by Crippen LogP contribution is 2.24. The number of carbonyl (C=O) groups is 1. The monoisotopic (exact) mass is 282 g/mol. The number of aromatic nitrogens is 4. The zero-order chi connectivity index (χ0) is 13.8. The van der Waals surface area contributed by atoms with Crippen LogP contribution in [0.25, 0.3) is 0 Å². The summed E-state index contributed by atoms with van der Waals surface area (Å²) in [6.45, 7) is 3.99. The quantitative estimate of drug-likeness (QED) is 0.612. The van der Waals surface area contributed by atoms with Crippen LogP contribution in [-0.4, -0.2) is 33.3 Å². The van der Waals surface area contributed by atoms with Gasteiger partial charge < -0.3 is 9.15 Å². The van der Waals surface area contributed by atoms with Crippen molar-refractivity contribution in [2.75, 3.05) is 7.11 Å². The molecule has 2 heterocycles. The van der Waals surface area contributed by atoms with Crippen molar-refractivity contribution in [3.05, 3.63) is 23.7 Å². The third-order valence-corrected chi connectivity index (χ3v) is 3.37. The summed E-state index contributed by atoms with van der Waals surface area (Å²) >= 11 is 1.41. The van der Waals surface area contributed by atoms with E-state index in [1.54, 1.807) is 10.7 Å². The predicted molar refractivity (Wildman–Crippen MR) is 67.8 cm³/mol. The highest BCUT2D eigenvalue weighted by molar-refractivity contribution is 7.98. The molecule has 0 spiro atoms. The molecule has 102 valence electrons. The number of ether oxygens (including phenoxy) is 1. The number of esters is 1. The minimum Gasteiger partial charge on any atom is -0.468 e. The number of rotatable bonds is 5. The van der Waals surface area contributed by atoms with E-state index in [2.05, 4.69) is 20.3 Å². The molecule has 8 heteroatoms. The fourth-order valence-corrected chi connectivity index (χ4v) is 2.44. The maximum atomic E-state index is 11.5. The molecule has 0 N–H and O–H groups in total. The topological polar surface area (TPSA) is 83.0 Å². The van der Waals surface area contributed by atoms with E-state index in [1.165, 1.54) is 25.1 Å². The van der Waals surface area contributed by atoms with E-state index in [4.69, 9.17) is 4.42 Å². The first-order chi connectivity index (χ1) is 9.13. The molecule has 2 aromatic rings. The Morgan fingerprint density at radius 1 is 1.58 bits per heavy atom. The molecular weight excluding hydrogens is 268 g/mol. The molecule has 0 atom stereocenters. The van der Waals surface area contributed by atoms with E-state index in [1.807, 2.05) is 13.8 Å². The summed E-state index contributed by atoms with van der Waals surface area (Å²) < 4.78 is 11.7. The average molecular weight is 282 g/mol. The summed E-state index contributed by atoms with van der Waals surface area (Å²) in [4.78, 5) is 11.5. The maximum Gasteiger partial charge on any atom is 0.341 e. The van der Waals surface area contributed by atoms with Crippen LogP contribution in [0.4, 0.5) is 0 Å². The molecule has 19 heavy (non-hydrogen) atoms. The molecular formula is C11H14N4O3S. The molecule has 2 aromatic heterocycles. The first-order valence-electron chi connectivity index (χ1n) is 5.68. The molecule has 0 aliphatic heterocycles. The Balaban J connectivity index is 2.09. The maximum absolute atomic E-state index is 11.5. The standard InChI is InChI=1S/C11H14N4O3S/c1-7(2)15-11(12-13-14-15)19-6-9-8(4-5-18-9)10(16)17-3/h4-5,7H,6H2,1-3H3. The van der Waals surface area contributed by atoms with Gasteiger partial charge in [-0.05, 0) is 30.3 Å². The molecule has 0 saturated carbocycles. The van der Waals surface area contributed by atoms with Crippen LogP contribution < -0.4 is 0 Å². The van der Waals surface area contributed by atoms with Gasteiger partial charge in [0.15, 0.2) is 0 Å². The van der Waals surface area contributed by atoms with E-state index in [9.17, 15) is 4.79 Å². The van der Waals surface area contributed by atoms with Gasteiger partial charge in [-0.15, -0.1) is 5.10 Å². The van der Waals surface area contributed by atoms with Crippen LogP contribution in [0.5, 0.6) is 0 Å². The Labute approximate surface area is 114 Å². The summed E-state index contributed by atoms with van der Waals surface area (Å²) in [6, 6.07) is 1.77. The van der Waals surface area contributed by atoms with Crippen molar-refractivity contribution in [1.29, 1.82) is 0 Å². The van der Waals surface area contributed by atoms with Gasteiger partial charge >= 0.3 is 5.97 Å². The fraction of sp³-hybridized carbons (Fsp3) is 0.455. The second-order valence-electron chi connectivity index (χ2n) is 4.04. The summed E-state index contributed by atoms with van der Waals surface area (Å²) in [5.74, 6) is 0.604. The SMILES string of the molecule is COC(=O)c1ccoc1CSc1nnnn1C(C)C. The van der Waals surface area contributed by atoms with Gasteiger partial charge in [-0.1, -0.05) is 11.8 Å². The summed E-state index contributed by atoms with van der Waals surface area (Å²) in [6.07, 6.45) is 1.47. The van der Waals surface area contributed by atoms with E-state index in [0.717, 1.165) is 0 Å². The molecule has 0 unspecified atom stereocenters. The Hall–Kier alpha value is -1.83. The molecule has 0 bridgehead atoms. The van der Waals surface area contributed by atoms with Gasteiger partial charge in [-0.25, -0.2) is 9.48 Å². The highest BCUT2D eigenvalue weighted by Gasteiger charge is 2.17. The molecule has 0 radical (unpaired) electrons. The van der Waals surface area contributed by atoms with Crippen molar-refractivity contribution in [2.24, 2.45) is 0 Å². The molecule has 0 amide bonds. The zero-order valence-corrected chi connectivity index (χ0v) is 11.7. The summed E-state index contributed by atoms with van der Waals surface area (Å²) in [5.41, 5.74) is 0.429. The second kappa shape index (κ2) is 5.87. The number of furan rings is 1. The lowest BCUT2D eigenvalue weighted by Gasteiger charge is -2.06. The number of carbonyl (C=O) groups excluding carboxylic acids is 1. The minimum atomic E-state index is -0.409. The highest BCUT2D eigenvalue weighted by atomic mass is 32.2. The van der Waals surface area contributed by atoms with Crippen molar-refractivity contribution in [3.63, 3.8) is 0 Å². The number of nitrogens with zero attached hydrogens (tertiary/aromatic N) is 4. The van der Waals surface area contributed by atoms with Gasteiger partial charge in [0.1, 0.15) is 11.3 Å². The van der Waals surface area contributed by atoms with Crippen LogP contribution in [0.3, 0.4) is 0 Å². The first-order valence-corrected chi connectivity index (χ1v) is 6.67. The molecule has 0 fully saturated rings. The number of thioether (sulfide) groups is 1. The van der Waals surface area contributed by atoms with Crippen LogP contribution in [0.15, 0.2) is 21.9 Å². The van der Waals surface area contributed by atoms with E-state index < -0.39 is 5.97 Å². The van der Waals surface area contributed by atoms with Crippen molar-refractivity contribution in [3.8, 4) is 0 Å². The van der Waals surface area contributed by atoms with Crippen molar-refractivity contribution in [1.82, 2.24) is 20.2 Å². The average Bonchev–Trinajstić information content (AvgIpc) is 3.03. The smallest absolute Gasteiger partial charge is 0.341 e. The van der Waals surface area contributed by atoms with Gasteiger partial charge in [0.25, 0.3) is 0 Å². The van der Waals surface area contributed by atoms with Crippen LogP contribution in [-0.2, 0) is 10.5 Å². The molecule has 0 aromatic carbocycles. The predicted octanol–water partition coefficient (Wildman–Crippen LogP) is 1.93. The van der Waals surface area contributed by atoms with E-state index in [-0.39, 0.29) is 6.04 Å². The number of tetrazole rings is 1. The van der Waals surface area contributed by atoms with Crippen molar-refractivity contribution < 1.29 is 13.9 Å². The van der Waals surface area contributed by atoms with Crippen LogP contribution in [0, 0.1) is 0 Å². The summed E-state index contributed by atoms with van der Waals surface area (Å²) in [5, 5.41) is 12.2. The van der Waals surface area contributed by atoms with Gasteiger partial charge in [0.05, 0.1) is 25.2 Å². The molecule has 0 saturated heterocycles.